The molecule has 4 nitrogen and oxygen atoms in total. The van der Waals surface area contributed by atoms with Crippen molar-refractivity contribution in [1.29, 1.82) is 0 Å². The van der Waals surface area contributed by atoms with E-state index in [1.54, 1.807) is 18.2 Å². The van der Waals surface area contributed by atoms with Gasteiger partial charge in [0.05, 0.1) is 0 Å². The molecular formula is C19H20ClN3OS. The Hall–Kier alpha value is -2.37. The molecule has 0 radical (unpaired) electrons. The molecule has 3 N–H and O–H groups in total. The molecule has 0 bridgehead atoms. The summed E-state index contributed by atoms with van der Waals surface area (Å²) in [6, 6.07) is 13.3. The van der Waals surface area contributed by atoms with Crippen LogP contribution in [0.4, 0.5) is 5.69 Å². The summed E-state index contributed by atoms with van der Waals surface area (Å²) in [5.74, 6) is -0.315. The summed E-state index contributed by atoms with van der Waals surface area (Å²) in [5, 5.41) is 4.08. The zero-order valence-corrected chi connectivity index (χ0v) is 15.7. The summed E-state index contributed by atoms with van der Waals surface area (Å²) in [6.07, 6.45) is 3.98. The van der Waals surface area contributed by atoms with Crippen LogP contribution in [-0.2, 0) is 11.2 Å². The van der Waals surface area contributed by atoms with Crippen LogP contribution in [0.3, 0.4) is 0 Å². The Morgan fingerprint density at radius 3 is 2.68 bits per heavy atom. The third-order valence-electron chi connectivity index (χ3n) is 3.55. The van der Waals surface area contributed by atoms with Crippen LogP contribution in [0.15, 0.2) is 48.5 Å². The predicted octanol–water partition coefficient (Wildman–Crippen LogP) is 4.24. The molecule has 0 atom stereocenters. The molecule has 25 heavy (non-hydrogen) atoms. The zero-order valence-electron chi connectivity index (χ0n) is 14.1. The summed E-state index contributed by atoms with van der Waals surface area (Å²) in [4.78, 5) is 11.9. The number of rotatable bonds is 4. The average Bonchev–Trinajstić information content (AvgIpc) is 2.60. The van der Waals surface area contributed by atoms with E-state index < -0.39 is 0 Å². The molecule has 2 aromatic carbocycles. The molecule has 6 heteroatoms. The molecule has 0 saturated carbocycles. The third kappa shape index (κ3) is 5.89. The molecule has 0 aliphatic heterocycles. The van der Waals surface area contributed by atoms with Crippen LogP contribution in [0.5, 0.6) is 0 Å². The highest BCUT2D eigenvalue weighted by Gasteiger charge is 2.06. The number of aryl methyl sites for hydroxylation is 2. The van der Waals surface area contributed by atoms with Crippen LogP contribution in [0.1, 0.15) is 23.6 Å². The van der Waals surface area contributed by atoms with E-state index in [4.69, 9.17) is 23.8 Å². The number of anilines is 1. The van der Waals surface area contributed by atoms with E-state index >= 15 is 0 Å². The first-order chi connectivity index (χ1) is 12.0. The maximum atomic E-state index is 11.9. The Labute approximate surface area is 158 Å². The maximum absolute atomic E-state index is 11.9. The number of amides is 1. The van der Waals surface area contributed by atoms with E-state index in [1.165, 1.54) is 6.08 Å². The largest absolute Gasteiger partial charge is 0.331 e. The molecule has 2 aromatic rings. The molecule has 1 amide bonds. The molecule has 0 aliphatic rings. The van der Waals surface area contributed by atoms with Crippen LogP contribution < -0.4 is 16.2 Å². The number of hydrazine groups is 1. The Morgan fingerprint density at radius 2 is 1.96 bits per heavy atom. The highest BCUT2D eigenvalue weighted by molar-refractivity contribution is 7.80. The van der Waals surface area contributed by atoms with Gasteiger partial charge in [0.2, 0.25) is 0 Å². The molecule has 0 fully saturated rings. The van der Waals surface area contributed by atoms with Crippen LogP contribution in [0.2, 0.25) is 5.02 Å². The molecule has 2 rings (SSSR count). The van der Waals surface area contributed by atoms with Gasteiger partial charge in [-0.15, -0.1) is 0 Å². The van der Waals surface area contributed by atoms with Crippen LogP contribution in [0, 0.1) is 6.92 Å². The van der Waals surface area contributed by atoms with Gasteiger partial charge in [0.1, 0.15) is 0 Å². The second-order valence-electron chi connectivity index (χ2n) is 5.42. The van der Waals surface area contributed by atoms with Gasteiger partial charge in [-0.05, 0) is 60.5 Å². The first-order valence-electron chi connectivity index (χ1n) is 7.88. The lowest BCUT2D eigenvalue weighted by molar-refractivity contribution is -0.116. The van der Waals surface area contributed by atoms with Crippen molar-refractivity contribution in [2.75, 3.05) is 5.32 Å². The van der Waals surface area contributed by atoms with Gasteiger partial charge in [-0.25, -0.2) is 0 Å². The fourth-order valence-corrected chi connectivity index (χ4v) is 2.64. The van der Waals surface area contributed by atoms with E-state index in [0.717, 1.165) is 28.8 Å². The lowest BCUT2D eigenvalue weighted by Gasteiger charge is -2.15. The van der Waals surface area contributed by atoms with Gasteiger partial charge >= 0.3 is 0 Å². The predicted molar refractivity (Wildman–Crippen MR) is 109 cm³/mol. The van der Waals surface area contributed by atoms with E-state index in [-0.39, 0.29) is 5.91 Å². The minimum atomic E-state index is -0.315. The Balaban J connectivity index is 1.89. The molecule has 0 aliphatic carbocycles. The number of carbonyl (C=O) groups excluding carboxylic acids is 1. The average molecular weight is 374 g/mol. The molecule has 0 aromatic heterocycles. The highest BCUT2D eigenvalue weighted by Crippen LogP contribution is 2.20. The summed E-state index contributed by atoms with van der Waals surface area (Å²) in [5.41, 5.74) is 9.30. The smallest absolute Gasteiger partial charge is 0.262 e. The quantitative estimate of drug-likeness (QED) is 0.426. The minimum absolute atomic E-state index is 0.315. The van der Waals surface area contributed by atoms with Crippen LogP contribution in [-0.4, -0.2) is 11.0 Å². The lowest BCUT2D eigenvalue weighted by Crippen LogP contribution is -2.43. The van der Waals surface area contributed by atoms with Crippen LogP contribution in [0.25, 0.3) is 6.08 Å². The maximum Gasteiger partial charge on any atom is 0.262 e. The second kappa shape index (κ2) is 9.20. The fraction of sp³-hybridized carbons (Fsp3) is 0.158. The molecule has 0 saturated heterocycles. The van der Waals surface area contributed by atoms with Gasteiger partial charge in [-0.1, -0.05) is 48.9 Å². The number of para-hydroxylation sites is 1. The summed E-state index contributed by atoms with van der Waals surface area (Å²) >= 11 is 11.1. The fourth-order valence-electron chi connectivity index (χ4n) is 2.29. The molecule has 0 unspecified atom stereocenters. The number of hydrogen-bond donors (Lipinski definition) is 3. The van der Waals surface area contributed by atoms with Gasteiger partial charge in [0.15, 0.2) is 5.11 Å². The molecular weight excluding hydrogens is 354 g/mol. The number of hydrogen-bond acceptors (Lipinski definition) is 2. The summed E-state index contributed by atoms with van der Waals surface area (Å²) in [6.45, 7) is 4.09. The number of benzene rings is 2. The van der Waals surface area contributed by atoms with Crippen molar-refractivity contribution in [3.05, 3.63) is 70.3 Å². The third-order valence-corrected chi connectivity index (χ3v) is 3.99. The SMILES string of the molecule is CCc1cccc(C)c1NC(=S)NNC(=O)/C=C/c1cccc(Cl)c1. The minimum Gasteiger partial charge on any atom is -0.331 e. The van der Waals surface area contributed by atoms with Gasteiger partial charge in [0, 0.05) is 16.8 Å². The summed E-state index contributed by atoms with van der Waals surface area (Å²) in [7, 11) is 0. The highest BCUT2D eigenvalue weighted by atomic mass is 35.5. The first kappa shape index (κ1) is 19.0. The van der Waals surface area contributed by atoms with Crippen molar-refractivity contribution in [1.82, 2.24) is 10.9 Å². The van der Waals surface area contributed by atoms with Gasteiger partial charge in [-0.3, -0.25) is 15.6 Å². The van der Waals surface area contributed by atoms with Crippen molar-refractivity contribution >= 4 is 46.6 Å². The standard InChI is InChI=1S/C19H20ClN3OS/c1-3-15-8-4-6-13(2)18(15)21-19(25)23-22-17(24)11-10-14-7-5-9-16(20)12-14/h4-12H,3H2,1-2H3,(H,22,24)(H2,21,23,25)/b11-10+. The Bertz CT molecular complexity index is 805. The van der Waals surface area contributed by atoms with Gasteiger partial charge < -0.3 is 5.32 Å². The number of halogens is 1. The Morgan fingerprint density at radius 1 is 1.20 bits per heavy atom. The van der Waals surface area contributed by atoms with E-state index in [1.807, 2.05) is 37.3 Å². The second-order valence-corrected chi connectivity index (χ2v) is 6.26. The van der Waals surface area contributed by atoms with Crippen LogP contribution >= 0.6 is 23.8 Å². The van der Waals surface area contributed by atoms with E-state index in [2.05, 4.69) is 23.1 Å². The van der Waals surface area contributed by atoms with Crippen molar-refractivity contribution in [3.8, 4) is 0 Å². The van der Waals surface area contributed by atoms with E-state index in [9.17, 15) is 4.79 Å². The zero-order chi connectivity index (χ0) is 18.2. The first-order valence-corrected chi connectivity index (χ1v) is 8.67. The summed E-state index contributed by atoms with van der Waals surface area (Å²) < 4.78 is 0. The molecule has 0 heterocycles. The Kier molecular flexibility index (Phi) is 6.98. The topological polar surface area (TPSA) is 53.2 Å². The number of carbonyl (C=O) groups is 1. The number of thiocarbonyl (C=S) groups is 1. The van der Waals surface area contributed by atoms with Crippen molar-refractivity contribution in [2.45, 2.75) is 20.3 Å². The van der Waals surface area contributed by atoms with Crippen molar-refractivity contribution in [2.24, 2.45) is 0 Å². The van der Waals surface area contributed by atoms with Crippen molar-refractivity contribution in [3.63, 3.8) is 0 Å². The monoisotopic (exact) mass is 373 g/mol. The van der Waals surface area contributed by atoms with E-state index in [0.29, 0.717) is 10.1 Å². The normalized spacial score (nSPS) is 10.5. The molecule has 130 valence electrons. The lowest BCUT2D eigenvalue weighted by atomic mass is 10.1. The molecule has 0 spiro atoms. The number of nitrogens with one attached hydrogen (secondary N) is 3. The van der Waals surface area contributed by atoms with Gasteiger partial charge in [0.25, 0.3) is 5.91 Å². The van der Waals surface area contributed by atoms with Crippen molar-refractivity contribution < 1.29 is 4.79 Å². The van der Waals surface area contributed by atoms with Gasteiger partial charge in [-0.2, -0.15) is 0 Å².